The number of likely N-dealkylation sites (N-methyl/N-ethyl adjacent to an activating group) is 1. The van der Waals surface area contributed by atoms with E-state index in [1.165, 1.54) is 0 Å². The van der Waals surface area contributed by atoms with E-state index >= 15 is 0 Å². The Bertz CT molecular complexity index is 239. The molecule has 0 spiro atoms. The molecule has 0 N–H and O–H groups in total. The van der Waals surface area contributed by atoms with Crippen molar-refractivity contribution < 1.29 is 9.53 Å². The fourth-order valence-corrected chi connectivity index (χ4v) is 1.24. The molecule has 0 heterocycles. The van der Waals surface area contributed by atoms with Gasteiger partial charge >= 0.3 is 5.97 Å². The van der Waals surface area contributed by atoms with Gasteiger partial charge in [0.25, 0.3) is 0 Å². The Balaban J connectivity index is 4.54. The molecule has 0 saturated carbocycles. The van der Waals surface area contributed by atoms with Gasteiger partial charge in [0, 0.05) is 0 Å². The zero-order chi connectivity index (χ0) is 12.8. The molecular weight excluding hydrogens is 204 g/mol. The summed E-state index contributed by atoms with van der Waals surface area (Å²) < 4.78 is 5.13. The number of hydrogen-bond donors (Lipinski definition) is 0. The van der Waals surface area contributed by atoms with Crippen molar-refractivity contribution in [2.75, 3.05) is 41.3 Å². The van der Waals surface area contributed by atoms with Gasteiger partial charge in [-0.2, -0.15) is 0 Å². The van der Waals surface area contributed by atoms with Gasteiger partial charge in [-0.3, -0.25) is 9.69 Å². The van der Waals surface area contributed by atoms with Crippen molar-refractivity contribution in [3.8, 4) is 0 Å². The third kappa shape index (κ3) is 4.33. The zero-order valence-corrected chi connectivity index (χ0v) is 11.1. The molecule has 0 fully saturated rings. The van der Waals surface area contributed by atoms with Gasteiger partial charge in [-0.05, 0) is 48.1 Å². The van der Waals surface area contributed by atoms with Crippen LogP contribution in [0, 0.1) is 0 Å². The summed E-state index contributed by atoms with van der Waals surface area (Å²) in [5.41, 5.74) is -0.576. The molecular formula is C12H24N2O2. The molecule has 4 heteroatoms. The van der Waals surface area contributed by atoms with Crippen LogP contribution in [0.1, 0.15) is 13.3 Å². The maximum absolute atomic E-state index is 11.9. The lowest BCUT2D eigenvalue weighted by molar-refractivity contribution is -0.155. The molecule has 1 atom stereocenters. The minimum atomic E-state index is -0.576. The predicted octanol–water partition coefficient (Wildman–Crippen LogP) is 0.988. The van der Waals surface area contributed by atoms with Crippen molar-refractivity contribution >= 4 is 5.97 Å². The average Bonchev–Trinajstić information content (AvgIpc) is 2.21. The largest absolute Gasteiger partial charge is 0.460 e. The van der Waals surface area contributed by atoms with Gasteiger partial charge in [-0.25, -0.2) is 0 Å². The van der Waals surface area contributed by atoms with E-state index < -0.39 is 5.54 Å². The van der Waals surface area contributed by atoms with Gasteiger partial charge in [-0.15, -0.1) is 0 Å². The van der Waals surface area contributed by atoms with Crippen LogP contribution in [0.25, 0.3) is 0 Å². The van der Waals surface area contributed by atoms with Crippen molar-refractivity contribution in [2.24, 2.45) is 0 Å². The number of carbonyl (C=O) groups is 1. The third-order valence-corrected chi connectivity index (χ3v) is 2.80. The second-order valence-electron chi connectivity index (χ2n) is 4.61. The SMILES string of the molecule is C=CCOC(=O)C(C)(CCN(C)C)N(C)C. The van der Waals surface area contributed by atoms with Gasteiger partial charge in [0.05, 0.1) is 0 Å². The fraction of sp³-hybridized carbons (Fsp3) is 0.750. The van der Waals surface area contributed by atoms with Crippen molar-refractivity contribution in [3.63, 3.8) is 0 Å². The number of esters is 1. The van der Waals surface area contributed by atoms with E-state index in [0.717, 1.165) is 13.0 Å². The summed E-state index contributed by atoms with van der Waals surface area (Å²) in [7, 11) is 7.77. The first-order chi connectivity index (χ1) is 7.34. The number of rotatable bonds is 7. The van der Waals surface area contributed by atoms with Gasteiger partial charge in [-0.1, -0.05) is 12.7 Å². The van der Waals surface area contributed by atoms with Gasteiger partial charge in [0.2, 0.25) is 0 Å². The average molecular weight is 228 g/mol. The van der Waals surface area contributed by atoms with Crippen molar-refractivity contribution in [1.82, 2.24) is 9.80 Å². The van der Waals surface area contributed by atoms with E-state index in [0.29, 0.717) is 0 Å². The van der Waals surface area contributed by atoms with Crippen molar-refractivity contribution in [1.29, 1.82) is 0 Å². The molecule has 0 aliphatic rings. The van der Waals surface area contributed by atoms with Gasteiger partial charge in [0.1, 0.15) is 12.1 Å². The van der Waals surface area contributed by atoms with Crippen molar-refractivity contribution in [3.05, 3.63) is 12.7 Å². The highest BCUT2D eigenvalue weighted by molar-refractivity contribution is 5.80. The smallest absolute Gasteiger partial charge is 0.326 e. The fourth-order valence-electron chi connectivity index (χ4n) is 1.24. The van der Waals surface area contributed by atoms with E-state index in [2.05, 4.69) is 11.5 Å². The molecule has 0 aliphatic heterocycles. The van der Waals surface area contributed by atoms with E-state index in [9.17, 15) is 4.79 Å². The second-order valence-corrected chi connectivity index (χ2v) is 4.61. The Morgan fingerprint density at radius 1 is 1.38 bits per heavy atom. The first kappa shape index (κ1) is 15.1. The van der Waals surface area contributed by atoms with E-state index in [1.807, 2.05) is 40.0 Å². The molecule has 0 radical (unpaired) electrons. The van der Waals surface area contributed by atoms with E-state index in [1.54, 1.807) is 6.08 Å². The lowest BCUT2D eigenvalue weighted by atomic mass is 9.96. The number of hydrogen-bond acceptors (Lipinski definition) is 4. The lowest BCUT2D eigenvalue weighted by Crippen LogP contribution is -2.51. The third-order valence-electron chi connectivity index (χ3n) is 2.80. The second kappa shape index (κ2) is 6.66. The Labute approximate surface area is 98.9 Å². The Kier molecular flexibility index (Phi) is 6.29. The van der Waals surface area contributed by atoms with E-state index in [4.69, 9.17) is 4.74 Å². The number of ether oxygens (including phenoxy) is 1. The molecule has 0 aromatic heterocycles. The molecule has 0 aromatic carbocycles. The maximum Gasteiger partial charge on any atom is 0.326 e. The number of nitrogens with zero attached hydrogens (tertiary/aromatic N) is 2. The summed E-state index contributed by atoms with van der Waals surface area (Å²) in [5, 5.41) is 0. The molecule has 0 aliphatic carbocycles. The van der Waals surface area contributed by atoms with Crippen LogP contribution in [0.15, 0.2) is 12.7 Å². The van der Waals surface area contributed by atoms with Gasteiger partial charge < -0.3 is 9.64 Å². The monoisotopic (exact) mass is 228 g/mol. The minimum absolute atomic E-state index is 0.195. The summed E-state index contributed by atoms with van der Waals surface area (Å²) in [6.07, 6.45) is 2.32. The van der Waals surface area contributed by atoms with Crippen molar-refractivity contribution in [2.45, 2.75) is 18.9 Å². The standard InChI is InChI=1S/C12H24N2O2/c1-7-10-16-11(15)12(2,14(5)6)8-9-13(3)4/h7H,1,8-10H2,2-6H3. The summed E-state index contributed by atoms with van der Waals surface area (Å²) in [5.74, 6) is -0.195. The highest BCUT2D eigenvalue weighted by atomic mass is 16.5. The molecule has 4 nitrogen and oxygen atoms in total. The van der Waals surface area contributed by atoms with Gasteiger partial charge in [0.15, 0.2) is 0 Å². The molecule has 0 rings (SSSR count). The molecule has 0 aromatic rings. The Morgan fingerprint density at radius 3 is 2.31 bits per heavy atom. The van der Waals surface area contributed by atoms with E-state index in [-0.39, 0.29) is 12.6 Å². The Morgan fingerprint density at radius 2 is 1.94 bits per heavy atom. The predicted molar refractivity (Wildman–Crippen MR) is 66.4 cm³/mol. The molecule has 0 saturated heterocycles. The quantitative estimate of drug-likeness (QED) is 0.480. The molecule has 94 valence electrons. The first-order valence-electron chi connectivity index (χ1n) is 5.45. The highest BCUT2D eigenvalue weighted by Crippen LogP contribution is 2.18. The van der Waals surface area contributed by atoms with Crippen LogP contribution in [0.3, 0.4) is 0 Å². The molecule has 0 amide bonds. The molecule has 1 unspecified atom stereocenters. The molecule has 0 bridgehead atoms. The molecule has 16 heavy (non-hydrogen) atoms. The van der Waals surface area contributed by atoms with Crippen LogP contribution in [0.2, 0.25) is 0 Å². The van der Waals surface area contributed by atoms with Crippen LogP contribution in [-0.2, 0) is 9.53 Å². The first-order valence-corrected chi connectivity index (χ1v) is 5.45. The van der Waals surface area contributed by atoms with Crippen LogP contribution < -0.4 is 0 Å². The Hall–Kier alpha value is -0.870. The summed E-state index contributed by atoms with van der Waals surface area (Å²) in [6.45, 7) is 6.55. The van der Waals surface area contributed by atoms with Crippen LogP contribution in [0.5, 0.6) is 0 Å². The van der Waals surface area contributed by atoms with Crippen LogP contribution in [-0.4, -0.2) is 62.7 Å². The summed E-state index contributed by atoms with van der Waals surface area (Å²) in [6, 6.07) is 0. The zero-order valence-electron chi connectivity index (χ0n) is 11.1. The highest BCUT2D eigenvalue weighted by Gasteiger charge is 2.36. The van der Waals surface area contributed by atoms with Crippen LogP contribution in [0.4, 0.5) is 0 Å². The van der Waals surface area contributed by atoms with Crippen LogP contribution >= 0.6 is 0 Å². The summed E-state index contributed by atoms with van der Waals surface area (Å²) >= 11 is 0. The topological polar surface area (TPSA) is 32.8 Å². The maximum atomic E-state index is 11.9. The lowest BCUT2D eigenvalue weighted by Gasteiger charge is -2.34. The number of carbonyl (C=O) groups excluding carboxylic acids is 1. The normalized spacial score (nSPS) is 14.9. The minimum Gasteiger partial charge on any atom is -0.460 e. The summed E-state index contributed by atoms with van der Waals surface area (Å²) in [4.78, 5) is 15.9.